The Morgan fingerprint density at radius 3 is 2.78 bits per heavy atom. The Balaban J connectivity index is 0.00000162. The summed E-state index contributed by atoms with van der Waals surface area (Å²) in [5, 5.41) is 9.23. The number of rotatable bonds is 3. The normalized spacial score (nSPS) is 9.89. The summed E-state index contributed by atoms with van der Waals surface area (Å²) in [6.45, 7) is 2.11. The molecule has 18 heavy (non-hydrogen) atoms. The van der Waals surface area contributed by atoms with Crippen molar-refractivity contribution >= 4 is 16.9 Å². The number of hydrogen-bond acceptors (Lipinski definition) is 4. The Kier molecular flexibility index (Phi) is 4.17. The van der Waals surface area contributed by atoms with Gasteiger partial charge in [-0.2, -0.15) is 0 Å². The van der Waals surface area contributed by atoms with Gasteiger partial charge in [0.2, 0.25) is 0 Å². The van der Waals surface area contributed by atoms with Crippen LogP contribution in [0.25, 0.3) is 10.9 Å². The van der Waals surface area contributed by atoms with Gasteiger partial charge < -0.3 is 16.0 Å². The molecule has 0 saturated carbocycles. The molecule has 96 valence electrons. The van der Waals surface area contributed by atoms with Gasteiger partial charge in [-0.1, -0.05) is 0 Å². The summed E-state index contributed by atoms with van der Waals surface area (Å²) in [6.07, 6.45) is 1.23. The Morgan fingerprint density at radius 1 is 1.44 bits per heavy atom. The summed E-state index contributed by atoms with van der Waals surface area (Å²) in [7, 11) is 0. The van der Waals surface area contributed by atoms with Gasteiger partial charge in [-0.15, -0.1) is 0 Å². The second kappa shape index (κ2) is 5.42. The summed E-state index contributed by atoms with van der Waals surface area (Å²) in [5.74, 6) is -1.49. The molecule has 0 saturated heterocycles. The van der Waals surface area contributed by atoms with Crippen LogP contribution >= 0.6 is 0 Å². The van der Waals surface area contributed by atoms with Crippen molar-refractivity contribution in [3.63, 3.8) is 0 Å². The summed E-state index contributed by atoms with van der Waals surface area (Å²) in [5.41, 5.74) is 0.529. The summed E-state index contributed by atoms with van der Waals surface area (Å²) in [6, 6.07) is 4.06. The van der Waals surface area contributed by atoms with Crippen molar-refractivity contribution in [3.05, 3.63) is 35.8 Å². The van der Waals surface area contributed by atoms with E-state index >= 15 is 0 Å². The topological polar surface area (TPSA) is 94.4 Å². The number of aromatic carboxylic acids is 1. The van der Waals surface area contributed by atoms with Gasteiger partial charge in [0.25, 0.3) is 0 Å². The van der Waals surface area contributed by atoms with Crippen LogP contribution in [-0.4, -0.2) is 22.7 Å². The molecule has 6 heteroatoms. The van der Waals surface area contributed by atoms with Gasteiger partial charge in [0.1, 0.15) is 0 Å². The monoisotopic (exact) mass is 252 g/mol. The van der Waals surface area contributed by atoms with Crippen molar-refractivity contribution in [2.75, 3.05) is 6.61 Å². The van der Waals surface area contributed by atoms with Gasteiger partial charge >= 0.3 is 5.97 Å². The van der Waals surface area contributed by atoms with Gasteiger partial charge in [0.15, 0.2) is 11.6 Å². The number of benzene rings is 1. The summed E-state index contributed by atoms with van der Waals surface area (Å²) in [4.78, 5) is 14.7. The zero-order chi connectivity index (χ0) is 12.4. The number of carboxylic acids is 1. The Hall–Kier alpha value is -2.21. The van der Waals surface area contributed by atoms with E-state index in [4.69, 9.17) is 9.84 Å². The molecular formula is C12H13FN2O3. The van der Waals surface area contributed by atoms with E-state index in [0.717, 1.165) is 0 Å². The van der Waals surface area contributed by atoms with E-state index < -0.39 is 11.8 Å². The fourth-order valence-corrected chi connectivity index (χ4v) is 1.51. The fraction of sp³-hybridized carbons (Fsp3) is 0.167. The van der Waals surface area contributed by atoms with E-state index in [2.05, 4.69) is 4.98 Å². The SMILES string of the molecule is CCOc1cc2ncc(C(=O)O)cc2cc1F.N. The smallest absolute Gasteiger partial charge is 0.337 e. The van der Waals surface area contributed by atoms with E-state index in [0.29, 0.717) is 17.5 Å². The van der Waals surface area contributed by atoms with Crippen LogP contribution in [0.15, 0.2) is 24.4 Å². The molecular weight excluding hydrogens is 239 g/mol. The summed E-state index contributed by atoms with van der Waals surface area (Å²) >= 11 is 0. The molecule has 1 aromatic carbocycles. The molecule has 0 radical (unpaired) electrons. The third-order valence-electron chi connectivity index (χ3n) is 2.28. The zero-order valence-corrected chi connectivity index (χ0v) is 9.81. The van der Waals surface area contributed by atoms with Crippen LogP contribution in [0.1, 0.15) is 17.3 Å². The van der Waals surface area contributed by atoms with Crippen molar-refractivity contribution in [2.24, 2.45) is 0 Å². The molecule has 0 aliphatic carbocycles. The number of carbonyl (C=O) groups is 1. The molecule has 0 aliphatic rings. The highest BCUT2D eigenvalue weighted by molar-refractivity contribution is 5.92. The number of ether oxygens (including phenoxy) is 1. The second-order valence-electron chi connectivity index (χ2n) is 3.44. The number of nitrogens with zero attached hydrogens (tertiary/aromatic N) is 1. The molecule has 2 aromatic rings. The molecule has 0 atom stereocenters. The standard InChI is InChI=1S/C12H10FNO3.H3N/c1-2-17-11-5-10-7(4-9(11)13)3-8(6-14-10)12(15)16;/h3-6H,2H2,1H3,(H,15,16);1H3. The first-order chi connectivity index (χ1) is 8.11. The summed E-state index contributed by atoms with van der Waals surface area (Å²) < 4.78 is 18.6. The fourth-order valence-electron chi connectivity index (χ4n) is 1.51. The Morgan fingerprint density at radius 2 is 2.17 bits per heavy atom. The number of aromatic nitrogens is 1. The minimum atomic E-state index is -1.09. The number of hydrogen-bond donors (Lipinski definition) is 2. The molecule has 4 N–H and O–H groups in total. The first-order valence-electron chi connectivity index (χ1n) is 5.07. The lowest BCUT2D eigenvalue weighted by Crippen LogP contribution is -1.99. The minimum Gasteiger partial charge on any atom is -0.491 e. The molecule has 2 rings (SSSR count). The van der Waals surface area contributed by atoms with Crippen LogP contribution in [-0.2, 0) is 0 Å². The van der Waals surface area contributed by atoms with Crippen LogP contribution < -0.4 is 10.9 Å². The van der Waals surface area contributed by atoms with Gasteiger partial charge in [-0.3, -0.25) is 4.98 Å². The molecule has 0 fully saturated rings. The third kappa shape index (κ3) is 2.54. The lowest BCUT2D eigenvalue weighted by atomic mass is 10.1. The molecule has 0 amide bonds. The molecule has 5 nitrogen and oxygen atoms in total. The quantitative estimate of drug-likeness (QED) is 0.875. The lowest BCUT2D eigenvalue weighted by Gasteiger charge is -2.06. The van der Waals surface area contributed by atoms with E-state index in [-0.39, 0.29) is 17.5 Å². The third-order valence-corrected chi connectivity index (χ3v) is 2.28. The maximum absolute atomic E-state index is 13.5. The van der Waals surface area contributed by atoms with Gasteiger partial charge in [-0.25, -0.2) is 9.18 Å². The van der Waals surface area contributed by atoms with E-state index in [9.17, 15) is 9.18 Å². The van der Waals surface area contributed by atoms with Gasteiger partial charge in [0.05, 0.1) is 17.7 Å². The van der Waals surface area contributed by atoms with Crippen molar-refractivity contribution in [1.29, 1.82) is 0 Å². The van der Waals surface area contributed by atoms with Crippen LogP contribution in [0, 0.1) is 5.82 Å². The van der Waals surface area contributed by atoms with Crippen LogP contribution in [0.5, 0.6) is 5.75 Å². The van der Waals surface area contributed by atoms with Crippen molar-refractivity contribution < 1.29 is 19.0 Å². The maximum Gasteiger partial charge on any atom is 0.337 e. The van der Waals surface area contributed by atoms with Crippen LogP contribution in [0.3, 0.4) is 0 Å². The number of pyridine rings is 1. The minimum absolute atomic E-state index is 0. The Bertz CT molecular complexity index is 587. The van der Waals surface area contributed by atoms with Crippen LogP contribution in [0.4, 0.5) is 4.39 Å². The number of fused-ring (bicyclic) bond motifs is 1. The maximum atomic E-state index is 13.5. The van der Waals surface area contributed by atoms with Gasteiger partial charge in [-0.05, 0) is 19.1 Å². The largest absolute Gasteiger partial charge is 0.491 e. The van der Waals surface area contributed by atoms with Crippen LogP contribution in [0.2, 0.25) is 0 Å². The average Bonchev–Trinajstić information content (AvgIpc) is 2.29. The molecule has 1 heterocycles. The predicted molar refractivity (Wildman–Crippen MR) is 64.9 cm³/mol. The number of carboxylic acid groups (broad SMARTS) is 1. The zero-order valence-electron chi connectivity index (χ0n) is 9.81. The highest BCUT2D eigenvalue weighted by Crippen LogP contribution is 2.24. The first-order valence-corrected chi connectivity index (χ1v) is 5.07. The molecule has 0 unspecified atom stereocenters. The number of halogens is 1. The lowest BCUT2D eigenvalue weighted by molar-refractivity contribution is 0.0696. The van der Waals surface area contributed by atoms with Crippen molar-refractivity contribution in [3.8, 4) is 5.75 Å². The molecule has 0 spiro atoms. The average molecular weight is 252 g/mol. The molecule has 1 aromatic heterocycles. The van der Waals surface area contributed by atoms with E-state index in [1.165, 1.54) is 24.4 Å². The van der Waals surface area contributed by atoms with E-state index in [1.54, 1.807) is 6.92 Å². The molecule has 0 aliphatic heterocycles. The predicted octanol–water partition coefficient (Wildman–Crippen LogP) is 2.63. The van der Waals surface area contributed by atoms with Gasteiger partial charge in [0, 0.05) is 17.6 Å². The molecule has 0 bridgehead atoms. The first kappa shape index (κ1) is 13.9. The van der Waals surface area contributed by atoms with Crippen molar-refractivity contribution in [1.82, 2.24) is 11.1 Å². The highest BCUT2D eigenvalue weighted by atomic mass is 19.1. The Labute approximate surface area is 103 Å². The van der Waals surface area contributed by atoms with Crippen molar-refractivity contribution in [2.45, 2.75) is 6.92 Å². The van der Waals surface area contributed by atoms with E-state index in [1.807, 2.05) is 0 Å². The second-order valence-corrected chi connectivity index (χ2v) is 3.44. The highest BCUT2D eigenvalue weighted by Gasteiger charge is 2.09.